The van der Waals surface area contributed by atoms with Crippen molar-refractivity contribution in [3.8, 4) is 11.5 Å². The van der Waals surface area contributed by atoms with Crippen LogP contribution in [0.4, 0.5) is 16.2 Å². The van der Waals surface area contributed by atoms with Gasteiger partial charge in [0.2, 0.25) is 0 Å². The number of carbonyl (C=O) groups is 1. The zero-order chi connectivity index (χ0) is 25.8. The summed E-state index contributed by atoms with van der Waals surface area (Å²) in [6.07, 6.45) is -1.21. The Morgan fingerprint density at radius 2 is 1.43 bits per heavy atom. The lowest BCUT2D eigenvalue weighted by Gasteiger charge is -2.26. The van der Waals surface area contributed by atoms with Gasteiger partial charge in [0.15, 0.2) is 9.84 Å². The smallest absolute Gasteiger partial charge is 0.395 e. The molecule has 0 aromatic heterocycles. The number of ether oxygens (including phenoxy) is 2. The van der Waals surface area contributed by atoms with E-state index in [-0.39, 0.29) is 33.3 Å². The second-order valence-electron chi connectivity index (χ2n) is 8.10. The second-order valence-corrected chi connectivity index (χ2v) is 10.1. The molecule has 0 aliphatic heterocycles. The van der Waals surface area contributed by atoms with E-state index in [2.05, 4.69) is 0 Å². The first-order chi connectivity index (χ1) is 16.4. The Labute approximate surface area is 200 Å². The van der Waals surface area contributed by atoms with Gasteiger partial charge in [-0.1, -0.05) is 32.0 Å². The number of carbonyl (C=O) groups excluding carboxylic acids is 1. The highest BCUT2D eigenvalue weighted by Gasteiger charge is 2.34. The van der Waals surface area contributed by atoms with E-state index >= 15 is 0 Å². The van der Waals surface area contributed by atoms with E-state index in [9.17, 15) is 33.4 Å². The summed E-state index contributed by atoms with van der Waals surface area (Å²) in [5, 5.41) is 22.1. The van der Waals surface area contributed by atoms with Crippen molar-refractivity contribution in [2.24, 2.45) is 0 Å². The molecule has 0 heterocycles. The molecule has 3 rings (SSSR count). The average molecular weight is 500 g/mol. The van der Waals surface area contributed by atoms with Crippen LogP contribution < -0.4 is 9.47 Å². The summed E-state index contributed by atoms with van der Waals surface area (Å²) in [4.78, 5) is 33.3. The number of sulfone groups is 1. The number of non-ortho nitro benzene ring substituents is 2. The number of nitro benzene ring substituents is 2. The Morgan fingerprint density at radius 1 is 0.857 bits per heavy atom. The monoisotopic (exact) mass is 500 g/mol. The van der Waals surface area contributed by atoms with E-state index < -0.39 is 37.0 Å². The summed E-state index contributed by atoms with van der Waals surface area (Å²) in [7, 11) is -3.80. The summed E-state index contributed by atoms with van der Waals surface area (Å²) in [5.74, 6) is -0.593. The lowest BCUT2D eigenvalue weighted by Crippen LogP contribution is -2.30. The van der Waals surface area contributed by atoms with Crippen molar-refractivity contribution in [1.29, 1.82) is 0 Å². The molecule has 0 aliphatic carbocycles. The van der Waals surface area contributed by atoms with Gasteiger partial charge >= 0.3 is 6.16 Å². The number of benzene rings is 3. The molecule has 35 heavy (non-hydrogen) atoms. The molecular weight excluding hydrogens is 480 g/mol. The zero-order valence-corrected chi connectivity index (χ0v) is 19.4. The molecular formula is C23H20N2O9S. The predicted molar refractivity (Wildman–Crippen MR) is 124 cm³/mol. The Bertz CT molecular complexity index is 1370. The fourth-order valence-corrected chi connectivity index (χ4v) is 5.20. The Morgan fingerprint density at radius 3 is 2.00 bits per heavy atom. The van der Waals surface area contributed by atoms with E-state index in [0.717, 1.165) is 24.3 Å². The first-order valence-corrected chi connectivity index (χ1v) is 11.8. The number of nitrogens with zero attached hydrogens (tertiary/aromatic N) is 2. The van der Waals surface area contributed by atoms with Crippen LogP contribution in [-0.2, 0) is 15.3 Å². The quantitative estimate of drug-likeness (QED) is 0.183. The van der Waals surface area contributed by atoms with Gasteiger partial charge in [-0.25, -0.2) is 13.2 Å². The minimum Gasteiger partial charge on any atom is -0.395 e. The third-order valence-electron chi connectivity index (χ3n) is 5.00. The maximum atomic E-state index is 13.0. The third-order valence-corrected chi connectivity index (χ3v) is 7.09. The summed E-state index contributed by atoms with van der Waals surface area (Å²) >= 11 is 0. The van der Waals surface area contributed by atoms with Gasteiger partial charge in [0.1, 0.15) is 11.5 Å². The van der Waals surface area contributed by atoms with Gasteiger partial charge in [-0.15, -0.1) is 0 Å². The van der Waals surface area contributed by atoms with Crippen molar-refractivity contribution in [3.05, 3.63) is 98.6 Å². The molecule has 0 bridgehead atoms. The Kier molecular flexibility index (Phi) is 7.15. The fraction of sp³-hybridized carbons (Fsp3) is 0.174. The highest BCUT2D eigenvalue weighted by Crippen LogP contribution is 2.37. The Balaban J connectivity index is 1.90. The lowest BCUT2D eigenvalue weighted by atomic mass is 9.85. The molecule has 0 radical (unpaired) electrons. The summed E-state index contributed by atoms with van der Waals surface area (Å²) < 4.78 is 36.2. The second kappa shape index (κ2) is 9.89. The summed E-state index contributed by atoms with van der Waals surface area (Å²) in [6.45, 7) is 3.11. The van der Waals surface area contributed by atoms with E-state index in [1.165, 1.54) is 30.3 Å². The van der Waals surface area contributed by atoms with Gasteiger partial charge in [0.25, 0.3) is 11.4 Å². The molecule has 3 aromatic rings. The van der Waals surface area contributed by atoms with Gasteiger partial charge in [0.05, 0.1) is 20.5 Å². The van der Waals surface area contributed by atoms with Gasteiger partial charge in [-0.2, -0.15) is 0 Å². The Hall–Kier alpha value is -4.32. The van der Waals surface area contributed by atoms with Crippen molar-refractivity contribution < 1.29 is 32.5 Å². The maximum absolute atomic E-state index is 13.0. The SMILES string of the molecule is CC(C)(CS(=O)(=O)c1ccccc1)c1cc([N+](=O)[O-])ccc1OC(=O)Oc1ccc([N+](=O)[O-])cc1. The molecule has 0 saturated carbocycles. The topological polar surface area (TPSA) is 156 Å². The summed E-state index contributed by atoms with van der Waals surface area (Å²) in [6, 6.07) is 15.8. The average Bonchev–Trinajstić information content (AvgIpc) is 2.79. The molecule has 3 aromatic carbocycles. The van der Waals surface area contributed by atoms with Crippen LogP contribution in [0.2, 0.25) is 0 Å². The predicted octanol–water partition coefficient (Wildman–Crippen LogP) is 4.83. The number of nitro groups is 2. The molecule has 0 saturated heterocycles. The minimum atomic E-state index is -3.80. The summed E-state index contributed by atoms with van der Waals surface area (Å²) in [5.41, 5.74) is -1.64. The van der Waals surface area contributed by atoms with E-state index in [0.29, 0.717) is 0 Å². The molecule has 0 aliphatic rings. The van der Waals surface area contributed by atoms with Crippen molar-refractivity contribution in [2.45, 2.75) is 24.2 Å². The van der Waals surface area contributed by atoms with Crippen molar-refractivity contribution >= 4 is 27.4 Å². The van der Waals surface area contributed by atoms with Crippen LogP contribution in [0.3, 0.4) is 0 Å². The first-order valence-electron chi connectivity index (χ1n) is 10.1. The van der Waals surface area contributed by atoms with Gasteiger partial charge in [0, 0.05) is 35.2 Å². The molecule has 0 unspecified atom stereocenters. The normalized spacial score (nSPS) is 11.5. The highest BCUT2D eigenvalue weighted by atomic mass is 32.2. The van der Waals surface area contributed by atoms with Gasteiger partial charge < -0.3 is 9.47 Å². The van der Waals surface area contributed by atoms with Gasteiger partial charge in [-0.05, 0) is 30.3 Å². The fourth-order valence-electron chi connectivity index (χ4n) is 3.36. The van der Waals surface area contributed by atoms with Crippen molar-refractivity contribution in [2.75, 3.05) is 5.75 Å². The van der Waals surface area contributed by atoms with Crippen LogP contribution in [0.15, 0.2) is 77.7 Å². The van der Waals surface area contributed by atoms with Crippen molar-refractivity contribution in [3.63, 3.8) is 0 Å². The van der Waals surface area contributed by atoms with Crippen molar-refractivity contribution in [1.82, 2.24) is 0 Å². The van der Waals surface area contributed by atoms with Gasteiger partial charge in [-0.3, -0.25) is 20.2 Å². The van der Waals surface area contributed by atoms with Crippen LogP contribution in [0, 0.1) is 20.2 Å². The molecule has 12 heteroatoms. The largest absolute Gasteiger partial charge is 0.519 e. The van der Waals surface area contributed by atoms with Crippen LogP contribution >= 0.6 is 0 Å². The van der Waals surface area contributed by atoms with Crippen LogP contribution in [-0.4, -0.2) is 30.2 Å². The molecule has 0 fully saturated rings. The van der Waals surface area contributed by atoms with E-state index in [4.69, 9.17) is 9.47 Å². The minimum absolute atomic E-state index is 0.0324. The van der Waals surface area contributed by atoms with E-state index in [1.807, 2.05) is 0 Å². The number of hydrogen-bond donors (Lipinski definition) is 0. The van der Waals surface area contributed by atoms with Crippen LogP contribution in [0.5, 0.6) is 11.5 Å². The van der Waals surface area contributed by atoms with E-state index in [1.54, 1.807) is 32.0 Å². The standard InChI is InChI=1S/C23H20N2O9S/c1-23(2,15-35(31,32)19-6-4-3-5-7-19)20-14-17(25(29)30)10-13-21(20)34-22(26)33-18-11-8-16(9-12-18)24(27)28/h3-14H,15H2,1-2H3. The molecule has 0 spiro atoms. The number of rotatable bonds is 8. The zero-order valence-electron chi connectivity index (χ0n) is 18.6. The first kappa shape index (κ1) is 25.3. The molecule has 0 amide bonds. The lowest BCUT2D eigenvalue weighted by molar-refractivity contribution is -0.385. The highest BCUT2D eigenvalue weighted by molar-refractivity contribution is 7.91. The third kappa shape index (κ3) is 6.18. The number of hydrogen-bond acceptors (Lipinski definition) is 9. The van der Waals surface area contributed by atoms with Crippen LogP contribution in [0.1, 0.15) is 19.4 Å². The molecule has 0 N–H and O–H groups in total. The maximum Gasteiger partial charge on any atom is 0.519 e. The molecule has 11 nitrogen and oxygen atoms in total. The molecule has 0 atom stereocenters. The molecule has 182 valence electrons. The van der Waals surface area contributed by atoms with Crippen LogP contribution in [0.25, 0.3) is 0 Å².